The van der Waals surface area contributed by atoms with E-state index in [9.17, 15) is 27.6 Å². The minimum absolute atomic E-state index is 0.0582. The number of amides is 3. The number of nitrogens with one attached hydrogen (secondary N) is 3. The molecule has 3 amide bonds. The summed E-state index contributed by atoms with van der Waals surface area (Å²) in [7, 11) is 0. The van der Waals surface area contributed by atoms with Gasteiger partial charge >= 0.3 is 6.18 Å². The average molecular weight is 464 g/mol. The SMILES string of the molecule is Cc1ccc(CNC[C@H](NC(=O)[C@@H](C)NC(=O)c2cccc(C(F)(F)F)c2)C(N)=O)c(C)c1. The van der Waals surface area contributed by atoms with Gasteiger partial charge < -0.3 is 21.7 Å². The van der Waals surface area contributed by atoms with Crippen molar-refractivity contribution < 1.29 is 27.6 Å². The number of benzene rings is 2. The van der Waals surface area contributed by atoms with E-state index < -0.39 is 41.5 Å². The van der Waals surface area contributed by atoms with Crippen LogP contribution in [0.4, 0.5) is 13.2 Å². The Hall–Kier alpha value is -3.40. The average Bonchev–Trinajstić information content (AvgIpc) is 2.73. The van der Waals surface area contributed by atoms with Crippen molar-refractivity contribution in [2.45, 2.75) is 45.6 Å². The highest BCUT2D eigenvalue weighted by molar-refractivity contribution is 5.98. The molecule has 2 rings (SSSR count). The van der Waals surface area contributed by atoms with E-state index in [0.29, 0.717) is 12.6 Å². The molecule has 178 valence electrons. The second-order valence-corrected chi connectivity index (χ2v) is 7.80. The Morgan fingerprint density at radius 1 is 1.03 bits per heavy atom. The number of primary amides is 1. The summed E-state index contributed by atoms with van der Waals surface area (Å²) in [5.41, 5.74) is 7.38. The van der Waals surface area contributed by atoms with Gasteiger partial charge in [-0.05, 0) is 50.1 Å². The van der Waals surface area contributed by atoms with E-state index in [1.165, 1.54) is 13.0 Å². The van der Waals surface area contributed by atoms with E-state index in [1.54, 1.807) is 0 Å². The monoisotopic (exact) mass is 464 g/mol. The molecule has 0 saturated heterocycles. The fourth-order valence-electron chi connectivity index (χ4n) is 3.10. The van der Waals surface area contributed by atoms with Crippen LogP contribution in [0.5, 0.6) is 0 Å². The fourth-order valence-corrected chi connectivity index (χ4v) is 3.10. The number of alkyl halides is 3. The molecule has 0 bridgehead atoms. The Morgan fingerprint density at radius 3 is 2.33 bits per heavy atom. The highest BCUT2D eigenvalue weighted by Gasteiger charge is 2.31. The Balaban J connectivity index is 1.93. The Morgan fingerprint density at radius 2 is 1.73 bits per heavy atom. The molecule has 2 atom stereocenters. The van der Waals surface area contributed by atoms with E-state index in [1.807, 2.05) is 32.0 Å². The Bertz CT molecular complexity index is 1020. The molecule has 0 heterocycles. The highest BCUT2D eigenvalue weighted by Crippen LogP contribution is 2.29. The number of hydrogen-bond acceptors (Lipinski definition) is 4. The standard InChI is InChI=1S/C23H27F3N4O3/c1-13-7-8-17(14(2)9-13)11-28-12-19(20(27)31)30-21(32)15(3)29-22(33)16-5-4-6-18(10-16)23(24,25)26/h4-10,15,19,28H,11-12H2,1-3H3,(H2,27,31)(H,29,33)(H,30,32)/t15-,19+/m1/s1. The molecular weight excluding hydrogens is 437 g/mol. The van der Waals surface area contributed by atoms with E-state index in [-0.39, 0.29) is 12.1 Å². The summed E-state index contributed by atoms with van der Waals surface area (Å²) in [6, 6.07) is 7.64. The maximum Gasteiger partial charge on any atom is 0.416 e. The predicted molar refractivity (Wildman–Crippen MR) is 117 cm³/mol. The van der Waals surface area contributed by atoms with Gasteiger partial charge in [0, 0.05) is 18.7 Å². The van der Waals surface area contributed by atoms with Crippen LogP contribution >= 0.6 is 0 Å². The molecule has 0 unspecified atom stereocenters. The first-order chi connectivity index (χ1) is 15.4. The van der Waals surface area contributed by atoms with Gasteiger partial charge in [-0.2, -0.15) is 13.2 Å². The molecular formula is C23H27F3N4O3. The first kappa shape index (κ1) is 25.9. The minimum atomic E-state index is -4.60. The second kappa shape index (κ2) is 11.0. The van der Waals surface area contributed by atoms with Crippen molar-refractivity contribution in [1.82, 2.24) is 16.0 Å². The van der Waals surface area contributed by atoms with Gasteiger partial charge in [0.1, 0.15) is 12.1 Å². The number of halogens is 3. The van der Waals surface area contributed by atoms with Crippen molar-refractivity contribution in [3.05, 3.63) is 70.3 Å². The smallest absolute Gasteiger partial charge is 0.368 e. The van der Waals surface area contributed by atoms with E-state index in [0.717, 1.165) is 28.8 Å². The third-order valence-electron chi connectivity index (χ3n) is 5.01. The van der Waals surface area contributed by atoms with E-state index in [4.69, 9.17) is 5.73 Å². The zero-order valence-corrected chi connectivity index (χ0v) is 18.5. The minimum Gasteiger partial charge on any atom is -0.368 e. The molecule has 7 nitrogen and oxygen atoms in total. The van der Waals surface area contributed by atoms with E-state index in [2.05, 4.69) is 16.0 Å². The molecule has 0 aromatic heterocycles. The lowest BCUT2D eigenvalue weighted by atomic mass is 10.1. The molecule has 33 heavy (non-hydrogen) atoms. The number of carbonyl (C=O) groups excluding carboxylic acids is 3. The van der Waals surface area contributed by atoms with Crippen molar-refractivity contribution in [1.29, 1.82) is 0 Å². The van der Waals surface area contributed by atoms with E-state index >= 15 is 0 Å². The summed E-state index contributed by atoms with van der Waals surface area (Å²) in [4.78, 5) is 36.5. The van der Waals surface area contributed by atoms with Crippen molar-refractivity contribution >= 4 is 17.7 Å². The van der Waals surface area contributed by atoms with Gasteiger partial charge in [-0.3, -0.25) is 14.4 Å². The van der Waals surface area contributed by atoms with Crippen LogP contribution in [0.25, 0.3) is 0 Å². The maximum atomic E-state index is 12.8. The molecule has 0 radical (unpaired) electrons. The van der Waals surface area contributed by atoms with Crippen molar-refractivity contribution in [3.8, 4) is 0 Å². The zero-order chi connectivity index (χ0) is 24.8. The largest absolute Gasteiger partial charge is 0.416 e. The van der Waals surface area contributed by atoms with Crippen LogP contribution in [0.3, 0.4) is 0 Å². The molecule has 0 aliphatic rings. The van der Waals surface area contributed by atoms with Crippen LogP contribution < -0.4 is 21.7 Å². The lowest BCUT2D eigenvalue weighted by Gasteiger charge is -2.20. The van der Waals surface area contributed by atoms with Gasteiger partial charge in [0.2, 0.25) is 11.8 Å². The van der Waals surface area contributed by atoms with Gasteiger partial charge in [0.25, 0.3) is 5.91 Å². The fraction of sp³-hybridized carbons (Fsp3) is 0.348. The second-order valence-electron chi connectivity index (χ2n) is 7.80. The molecule has 0 aliphatic carbocycles. The lowest BCUT2D eigenvalue weighted by Crippen LogP contribution is -2.55. The quantitative estimate of drug-likeness (QED) is 0.456. The third kappa shape index (κ3) is 7.60. The number of hydrogen-bond donors (Lipinski definition) is 4. The molecule has 2 aromatic rings. The van der Waals surface area contributed by atoms with Crippen LogP contribution in [-0.2, 0) is 22.3 Å². The van der Waals surface area contributed by atoms with Gasteiger partial charge in [0.05, 0.1) is 5.56 Å². The zero-order valence-electron chi connectivity index (χ0n) is 18.5. The first-order valence-corrected chi connectivity index (χ1v) is 10.2. The third-order valence-corrected chi connectivity index (χ3v) is 5.01. The summed E-state index contributed by atoms with van der Waals surface area (Å²) in [6.07, 6.45) is -4.60. The molecule has 5 N–H and O–H groups in total. The summed E-state index contributed by atoms with van der Waals surface area (Å²) >= 11 is 0. The Labute approximate surface area is 189 Å². The molecule has 0 saturated carbocycles. The molecule has 0 aliphatic heterocycles. The predicted octanol–water partition coefficient (Wildman–Crippen LogP) is 2.20. The normalized spacial score (nSPS) is 13.2. The van der Waals surface area contributed by atoms with Gasteiger partial charge in [-0.25, -0.2) is 0 Å². The summed E-state index contributed by atoms with van der Waals surface area (Å²) in [5.74, 6) is -2.33. The van der Waals surface area contributed by atoms with Crippen LogP contribution in [0.2, 0.25) is 0 Å². The van der Waals surface area contributed by atoms with Gasteiger partial charge in [-0.1, -0.05) is 29.8 Å². The summed E-state index contributed by atoms with van der Waals surface area (Å²) in [6.45, 7) is 5.81. The Kier molecular flexibility index (Phi) is 8.58. The molecule has 0 spiro atoms. The van der Waals surface area contributed by atoms with Gasteiger partial charge in [-0.15, -0.1) is 0 Å². The van der Waals surface area contributed by atoms with Crippen LogP contribution in [-0.4, -0.2) is 36.3 Å². The number of carbonyl (C=O) groups is 3. The van der Waals surface area contributed by atoms with Crippen LogP contribution in [0, 0.1) is 13.8 Å². The number of nitrogens with two attached hydrogens (primary N) is 1. The van der Waals surface area contributed by atoms with Gasteiger partial charge in [0.15, 0.2) is 0 Å². The van der Waals surface area contributed by atoms with Crippen molar-refractivity contribution in [2.75, 3.05) is 6.54 Å². The lowest BCUT2D eigenvalue weighted by molar-refractivity contribution is -0.137. The molecule has 0 fully saturated rings. The molecule has 2 aromatic carbocycles. The first-order valence-electron chi connectivity index (χ1n) is 10.2. The van der Waals surface area contributed by atoms with Crippen LogP contribution in [0.15, 0.2) is 42.5 Å². The topological polar surface area (TPSA) is 113 Å². The van der Waals surface area contributed by atoms with Crippen molar-refractivity contribution in [3.63, 3.8) is 0 Å². The summed E-state index contributed by atoms with van der Waals surface area (Å²) < 4.78 is 38.5. The number of aryl methyl sites for hydroxylation is 2. The number of rotatable bonds is 9. The van der Waals surface area contributed by atoms with Crippen molar-refractivity contribution in [2.24, 2.45) is 5.73 Å². The summed E-state index contributed by atoms with van der Waals surface area (Å²) in [5, 5.41) is 7.84. The maximum absolute atomic E-state index is 12.8. The molecule has 10 heteroatoms. The highest BCUT2D eigenvalue weighted by atomic mass is 19.4. The van der Waals surface area contributed by atoms with Crippen LogP contribution in [0.1, 0.15) is 39.5 Å².